The lowest BCUT2D eigenvalue weighted by Crippen LogP contribution is -2.33. The molecule has 1 amide bonds. The Bertz CT molecular complexity index is 1290. The molecule has 0 bridgehead atoms. The van der Waals surface area contributed by atoms with Gasteiger partial charge >= 0.3 is 5.97 Å². The molecule has 0 spiro atoms. The minimum atomic E-state index is -0.505. The first kappa shape index (κ1) is 30.6. The molecule has 2 aromatic carbocycles. The van der Waals surface area contributed by atoms with E-state index in [0.29, 0.717) is 43.0 Å². The van der Waals surface area contributed by atoms with Crippen molar-refractivity contribution in [2.45, 2.75) is 72.1 Å². The molecule has 0 aliphatic rings. The number of amides is 1. The molecular weight excluding hydrogens is 528 g/mol. The summed E-state index contributed by atoms with van der Waals surface area (Å²) in [6.45, 7) is 8.81. The highest BCUT2D eigenvalue weighted by molar-refractivity contribution is 7.12. The molecule has 9 nitrogen and oxygen atoms in total. The number of unbranched alkanes of at least 4 members (excludes halogenated alkanes) is 2. The topological polar surface area (TPSA) is 127 Å². The summed E-state index contributed by atoms with van der Waals surface area (Å²) in [6.07, 6.45) is 3.10. The van der Waals surface area contributed by atoms with Crippen molar-refractivity contribution >= 4 is 34.7 Å². The zero-order valence-corrected chi connectivity index (χ0v) is 24.4. The van der Waals surface area contributed by atoms with E-state index in [-0.39, 0.29) is 24.6 Å². The van der Waals surface area contributed by atoms with Gasteiger partial charge < -0.3 is 20.5 Å². The van der Waals surface area contributed by atoms with Crippen LogP contribution in [0.5, 0.6) is 5.75 Å². The molecule has 0 atom stereocenters. The van der Waals surface area contributed by atoms with Crippen molar-refractivity contribution in [3.63, 3.8) is 0 Å². The molecular formula is C30H38N4O5S. The summed E-state index contributed by atoms with van der Waals surface area (Å²) in [5.41, 5.74) is 8.58. The Morgan fingerprint density at radius 2 is 1.75 bits per heavy atom. The van der Waals surface area contributed by atoms with Crippen LogP contribution in [0.15, 0.2) is 53.7 Å². The van der Waals surface area contributed by atoms with E-state index in [1.54, 1.807) is 35.6 Å². The Labute approximate surface area is 239 Å². The van der Waals surface area contributed by atoms with Gasteiger partial charge in [-0.2, -0.15) is 0 Å². The number of amidine groups is 1. The normalized spacial score (nSPS) is 11.5. The lowest BCUT2D eigenvalue weighted by molar-refractivity contribution is -0.150. The molecule has 1 heterocycles. The monoisotopic (exact) mass is 566 g/mol. The van der Waals surface area contributed by atoms with Gasteiger partial charge in [-0.1, -0.05) is 32.3 Å². The number of nitrogens with two attached hydrogens (primary N) is 1. The predicted octanol–water partition coefficient (Wildman–Crippen LogP) is 6.57. The Kier molecular flexibility index (Phi) is 11.5. The fourth-order valence-corrected chi connectivity index (χ4v) is 4.91. The number of carbonyl (C=O) groups is 2. The third kappa shape index (κ3) is 8.54. The minimum Gasteiger partial charge on any atom is -0.494 e. The third-order valence-electron chi connectivity index (χ3n) is 6.13. The first-order chi connectivity index (χ1) is 19.2. The van der Waals surface area contributed by atoms with E-state index in [9.17, 15) is 9.59 Å². The van der Waals surface area contributed by atoms with E-state index < -0.39 is 5.97 Å². The van der Waals surface area contributed by atoms with Crippen molar-refractivity contribution in [1.29, 1.82) is 0 Å². The standard InChI is InChI=1S/C30H38N4O5S/c1-5-6-9-26(35)34(24-15-11-23(12-16-24)30(31)33-37)39-27(36)10-7-8-19-38-25-17-13-22(14-18-25)28-29(20(2)3)40-21(4)32-28/h11-18,20,37H,5-10,19H2,1-4H3,(H2,31,33). The molecule has 214 valence electrons. The van der Waals surface area contributed by atoms with Gasteiger partial charge in [-0.05, 0) is 80.6 Å². The highest BCUT2D eigenvalue weighted by atomic mass is 32.1. The fraction of sp³-hybridized carbons (Fsp3) is 0.400. The highest BCUT2D eigenvalue weighted by Gasteiger charge is 2.21. The Hall–Kier alpha value is -3.92. The number of oxime groups is 1. The van der Waals surface area contributed by atoms with Crippen molar-refractivity contribution in [1.82, 2.24) is 4.98 Å². The second kappa shape index (κ2) is 15.0. The van der Waals surface area contributed by atoms with Gasteiger partial charge in [0.15, 0.2) is 5.84 Å². The first-order valence-corrected chi connectivity index (χ1v) is 14.4. The van der Waals surface area contributed by atoms with Crippen molar-refractivity contribution in [2.24, 2.45) is 10.9 Å². The van der Waals surface area contributed by atoms with E-state index in [0.717, 1.165) is 33.5 Å². The second-order valence-electron chi connectivity index (χ2n) is 9.72. The molecule has 0 unspecified atom stereocenters. The van der Waals surface area contributed by atoms with Gasteiger partial charge in [-0.3, -0.25) is 4.79 Å². The number of aryl methyl sites for hydroxylation is 1. The molecule has 0 aliphatic heterocycles. The van der Waals surface area contributed by atoms with E-state index >= 15 is 0 Å². The highest BCUT2D eigenvalue weighted by Crippen LogP contribution is 2.34. The number of hydrogen-bond acceptors (Lipinski definition) is 8. The summed E-state index contributed by atoms with van der Waals surface area (Å²) < 4.78 is 5.86. The van der Waals surface area contributed by atoms with E-state index in [1.807, 2.05) is 38.1 Å². The average molecular weight is 567 g/mol. The number of nitrogens with zero attached hydrogens (tertiary/aromatic N) is 3. The van der Waals surface area contributed by atoms with Crippen LogP contribution in [0.4, 0.5) is 5.69 Å². The van der Waals surface area contributed by atoms with Gasteiger partial charge in [0.05, 0.1) is 23.0 Å². The molecule has 0 saturated heterocycles. The SMILES string of the molecule is CCCCC(=O)N(OC(=O)CCCCOc1ccc(-c2nc(C)sc2C(C)C)cc1)c1ccc(/C(N)=N/O)cc1. The van der Waals surface area contributed by atoms with E-state index in [1.165, 1.54) is 4.88 Å². The van der Waals surface area contributed by atoms with Gasteiger partial charge in [-0.15, -0.1) is 16.4 Å². The predicted molar refractivity (Wildman–Crippen MR) is 158 cm³/mol. The van der Waals surface area contributed by atoms with Gasteiger partial charge in [0.25, 0.3) is 5.91 Å². The van der Waals surface area contributed by atoms with Crippen molar-refractivity contribution in [3.05, 3.63) is 64.0 Å². The maximum Gasteiger partial charge on any atom is 0.333 e. The first-order valence-electron chi connectivity index (χ1n) is 13.6. The van der Waals surface area contributed by atoms with Crippen molar-refractivity contribution < 1.29 is 24.4 Å². The Morgan fingerprint density at radius 3 is 2.38 bits per heavy atom. The van der Waals surface area contributed by atoms with Crippen LogP contribution in [0, 0.1) is 6.92 Å². The lowest BCUT2D eigenvalue weighted by atomic mass is 10.1. The quantitative estimate of drug-likeness (QED) is 0.0788. The van der Waals surface area contributed by atoms with Crippen LogP contribution in [0.2, 0.25) is 0 Å². The fourth-order valence-electron chi connectivity index (χ4n) is 3.96. The van der Waals surface area contributed by atoms with E-state index in [2.05, 4.69) is 19.0 Å². The van der Waals surface area contributed by atoms with Crippen LogP contribution in [0.25, 0.3) is 11.3 Å². The van der Waals surface area contributed by atoms with Crippen molar-refractivity contribution in [2.75, 3.05) is 11.7 Å². The number of anilines is 1. The number of rotatable bonds is 13. The molecule has 3 aromatic rings. The summed E-state index contributed by atoms with van der Waals surface area (Å²) in [5, 5.41) is 13.9. The van der Waals surface area contributed by atoms with E-state index in [4.69, 9.17) is 25.5 Å². The Morgan fingerprint density at radius 1 is 1.05 bits per heavy atom. The van der Waals surface area contributed by atoms with Crippen LogP contribution in [-0.4, -0.2) is 34.5 Å². The van der Waals surface area contributed by atoms with Gasteiger partial charge in [-0.25, -0.2) is 9.78 Å². The maximum absolute atomic E-state index is 12.8. The van der Waals surface area contributed by atoms with Crippen LogP contribution in [0.1, 0.15) is 80.7 Å². The number of benzene rings is 2. The molecule has 40 heavy (non-hydrogen) atoms. The third-order valence-corrected chi connectivity index (χ3v) is 7.40. The molecule has 1 aromatic heterocycles. The molecule has 10 heteroatoms. The summed E-state index contributed by atoms with van der Waals surface area (Å²) >= 11 is 1.73. The number of thiazole rings is 1. The summed E-state index contributed by atoms with van der Waals surface area (Å²) in [7, 11) is 0. The van der Waals surface area contributed by atoms with Gasteiger partial charge in [0.1, 0.15) is 5.75 Å². The van der Waals surface area contributed by atoms with Gasteiger partial charge in [0.2, 0.25) is 0 Å². The largest absolute Gasteiger partial charge is 0.494 e. The summed E-state index contributed by atoms with van der Waals surface area (Å²) in [4.78, 5) is 36.8. The zero-order valence-electron chi connectivity index (χ0n) is 23.6. The molecule has 0 fully saturated rings. The van der Waals surface area contributed by atoms with Crippen molar-refractivity contribution in [3.8, 4) is 17.0 Å². The number of aromatic nitrogens is 1. The van der Waals surface area contributed by atoms with Gasteiger partial charge in [0, 0.05) is 28.8 Å². The molecule has 3 N–H and O–H groups in total. The zero-order chi connectivity index (χ0) is 29.1. The maximum atomic E-state index is 12.8. The van der Waals surface area contributed by atoms with Crippen LogP contribution in [0.3, 0.4) is 0 Å². The Balaban J connectivity index is 1.49. The summed E-state index contributed by atoms with van der Waals surface area (Å²) in [5.74, 6) is 0.297. The molecule has 0 radical (unpaired) electrons. The van der Waals surface area contributed by atoms with Crippen LogP contribution < -0.4 is 15.5 Å². The lowest BCUT2D eigenvalue weighted by Gasteiger charge is -2.21. The molecule has 3 rings (SSSR count). The van der Waals surface area contributed by atoms with Crippen LogP contribution in [-0.2, 0) is 14.4 Å². The average Bonchev–Trinajstić information content (AvgIpc) is 3.36. The smallest absolute Gasteiger partial charge is 0.333 e. The summed E-state index contributed by atoms with van der Waals surface area (Å²) in [6, 6.07) is 14.3. The minimum absolute atomic E-state index is 0.0552. The number of carbonyl (C=O) groups excluding carboxylic acids is 2. The number of hydroxylamine groups is 1. The second-order valence-corrected chi connectivity index (χ2v) is 11.0. The number of ether oxygens (including phenoxy) is 1. The molecule has 0 saturated carbocycles. The number of hydrogen-bond donors (Lipinski definition) is 2. The van der Waals surface area contributed by atoms with Crippen LogP contribution >= 0.6 is 11.3 Å². The molecule has 0 aliphatic carbocycles.